The van der Waals surface area contributed by atoms with Gasteiger partial charge >= 0.3 is 0 Å². The van der Waals surface area contributed by atoms with E-state index in [9.17, 15) is 9.59 Å². The zero-order valence-electron chi connectivity index (χ0n) is 30.4. The molecule has 0 spiro atoms. The van der Waals surface area contributed by atoms with Gasteiger partial charge in [0.15, 0.2) is 0 Å². The second-order valence-electron chi connectivity index (χ2n) is 15.5. The fraction of sp³-hybridized carbons (Fsp3) is 0.395. The highest BCUT2D eigenvalue weighted by Gasteiger charge is 2.42. The summed E-state index contributed by atoms with van der Waals surface area (Å²) in [4.78, 5) is 38.0. The second kappa shape index (κ2) is 14.7. The van der Waals surface area contributed by atoms with E-state index in [0.29, 0.717) is 45.7 Å². The van der Waals surface area contributed by atoms with Gasteiger partial charge in [0, 0.05) is 89.0 Å². The zero-order chi connectivity index (χ0) is 37.1. The molecule has 11 heteroatoms. The molecule has 5 aliphatic heterocycles. The minimum Gasteiger partial charge on any atom is -0.350 e. The van der Waals surface area contributed by atoms with Crippen molar-refractivity contribution in [3.05, 3.63) is 116 Å². The first-order chi connectivity index (χ1) is 26.3. The number of nitrogens with zero attached hydrogens (tertiary/aromatic N) is 3. The van der Waals surface area contributed by atoms with Gasteiger partial charge in [-0.25, -0.2) is 0 Å². The summed E-state index contributed by atoms with van der Waals surface area (Å²) in [6.45, 7) is 6.46. The van der Waals surface area contributed by atoms with Crippen molar-refractivity contribution in [2.75, 3.05) is 32.7 Å². The van der Waals surface area contributed by atoms with E-state index in [2.05, 4.69) is 73.8 Å². The Morgan fingerprint density at radius 2 is 1.72 bits per heavy atom. The number of piperidine rings is 2. The summed E-state index contributed by atoms with van der Waals surface area (Å²) in [6, 6.07) is 20.2. The van der Waals surface area contributed by atoms with Gasteiger partial charge in [-0.15, -0.1) is 0 Å². The number of H-pyrrole nitrogens is 1. The molecular formula is C43H45Cl3N6O2. The average molecular weight is 784 g/mol. The molecule has 9 rings (SSSR count). The number of amides is 2. The molecule has 0 bridgehead atoms. The van der Waals surface area contributed by atoms with Gasteiger partial charge in [0.1, 0.15) is 5.69 Å². The maximum atomic E-state index is 14.9. The molecule has 0 radical (unpaired) electrons. The van der Waals surface area contributed by atoms with E-state index in [1.165, 1.54) is 5.57 Å². The van der Waals surface area contributed by atoms with Gasteiger partial charge in [-0.2, -0.15) is 0 Å². The van der Waals surface area contributed by atoms with E-state index in [4.69, 9.17) is 34.8 Å². The smallest absolute Gasteiger partial charge is 0.268 e. The summed E-state index contributed by atoms with van der Waals surface area (Å²) in [5.74, 6) is 0.329. The molecule has 3 saturated heterocycles. The summed E-state index contributed by atoms with van der Waals surface area (Å²) >= 11 is 20.3. The fourth-order valence-corrected chi connectivity index (χ4v) is 10.5. The summed E-state index contributed by atoms with van der Waals surface area (Å²) in [6.07, 6.45) is 9.92. The zero-order valence-corrected chi connectivity index (χ0v) is 32.7. The standard InChI is InChI=1S/C43H45Cl3N6O2/c1-25-8-7-17-52-41(30-13-12-27(44)21-32(30)46)31-20-28(45)22-33-38(31)39(42(52)37(25)26-9-3-2-4-10-26)40(48-33)43(54)49-34-23-47-24-35(34)50-18-14-29(15-19-50)51-16-6-5-11-36(51)53/h2-4,7,9-10,12-13,17,20-22,25,29,34-35,41,47-48H,5-6,8,11,14-16,18-19,23-24H2,1H3,(H,49,54). The Morgan fingerprint density at radius 3 is 2.50 bits per heavy atom. The van der Waals surface area contributed by atoms with Crippen LogP contribution in [-0.4, -0.2) is 82.3 Å². The number of nitrogens with one attached hydrogen (secondary N) is 3. The third-order valence-electron chi connectivity index (χ3n) is 12.3. The van der Waals surface area contributed by atoms with Crippen molar-refractivity contribution in [3.8, 4) is 0 Å². The summed E-state index contributed by atoms with van der Waals surface area (Å²) in [5, 5.41) is 9.73. The third kappa shape index (κ3) is 6.34. The number of carbonyl (C=O) groups excluding carboxylic acids is 2. The van der Waals surface area contributed by atoms with E-state index in [-0.39, 0.29) is 30.0 Å². The molecule has 4 unspecified atom stereocenters. The number of allylic oxidation sites excluding steroid dienone is 2. The predicted molar refractivity (Wildman–Crippen MR) is 218 cm³/mol. The number of hydrogen-bond acceptors (Lipinski definition) is 5. The Hall–Kier alpha value is -3.79. The van der Waals surface area contributed by atoms with Crippen LogP contribution in [0.1, 0.15) is 84.2 Å². The number of fused-ring (bicyclic) bond motifs is 2. The molecule has 54 heavy (non-hydrogen) atoms. The topological polar surface area (TPSA) is 83.7 Å². The first-order valence-corrected chi connectivity index (χ1v) is 20.5. The maximum Gasteiger partial charge on any atom is 0.268 e. The van der Waals surface area contributed by atoms with Crippen LogP contribution in [0.5, 0.6) is 0 Å². The molecule has 3 N–H and O–H groups in total. The van der Waals surface area contributed by atoms with E-state index < -0.39 is 0 Å². The highest BCUT2D eigenvalue weighted by Crippen LogP contribution is 2.53. The van der Waals surface area contributed by atoms with Crippen LogP contribution in [0.2, 0.25) is 15.1 Å². The van der Waals surface area contributed by atoms with E-state index in [1.807, 2.05) is 30.3 Å². The van der Waals surface area contributed by atoms with Gasteiger partial charge in [0.05, 0.1) is 17.8 Å². The minimum absolute atomic E-state index is 0.0804. The Morgan fingerprint density at radius 1 is 0.907 bits per heavy atom. The second-order valence-corrected chi connectivity index (χ2v) is 16.8. The highest BCUT2D eigenvalue weighted by atomic mass is 35.5. The highest BCUT2D eigenvalue weighted by molar-refractivity contribution is 6.35. The number of aromatic amines is 1. The minimum atomic E-state index is -0.322. The lowest BCUT2D eigenvalue weighted by atomic mass is 9.82. The van der Waals surface area contributed by atoms with Crippen LogP contribution in [0.15, 0.2) is 72.9 Å². The molecule has 3 fully saturated rings. The van der Waals surface area contributed by atoms with Crippen LogP contribution in [0.4, 0.5) is 0 Å². The molecule has 4 aromatic rings. The van der Waals surface area contributed by atoms with Gasteiger partial charge in [-0.05, 0) is 84.6 Å². The molecule has 2 amide bonds. The van der Waals surface area contributed by atoms with Gasteiger partial charge in [0.25, 0.3) is 5.91 Å². The van der Waals surface area contributed by atoms with Crippen LogP contribution in [0.25, 0.3) is 22.2 Å². The lowest BCUT2D eigenvalue weighted by molar-refractivity contribution is -0.137. The number of benzene rings is 3. The van der Waals surface area contributed by atoms with Crippen molar-refractivity contribution in [1.82, 2.24) is 30.3 Å². The Kier molecular flexibility index (Phi) is 9.77. The normalized spacial score (nSPS) is 25.0. The Balaban J connectivity index is 1.12. The molecule has 6 heterocycles. The number of carbonyl (C=O) groups is 2. The molecule has 0 saturated carbocycles. The van der Waals surface area contributed by atoms with E-state index >= 15 is 0 Å². The molecule has 8 nitrogen and oxygen atoms in total. The van der Waals surface area contributed by atoms with Crippen LogP contribution in [0, 0.1) is 5.92 Å². The number of rotatable bonds is 6. The molecule has 3 aromatic carbocycles. The first kappa shape index (κ1) is 35.9. The number of aromatic nitrogens is 1. The fourth-order valence-electron chi connectivity index (χ4n) is 9.78. The summed E-state index contributed by atoms with van der Waals surface area (Å²) in [5.41, 5.74) is 7.35. The van der Waals surface area contributed by atoms with Crippen LogP contribution in [-0.2, 0) is 4.79 Å². The third-order valence-corrected chi connectivity index (χ3v) is 13.1. The van der Waals surface area contributed by atoms with Crippen molar-refractivity contribution < 1.29 is 9.59 Å². The van der Waals surface area contributed by atoms with Crippen molar-refractivity contribution in [1.29, 1.82) is 0 Å². The van der Waals surface area contributed by atoms with Crippen molar-refractivity contribution >= 4 is 68.8 Å². The number of likely N-dealkylation sites (tertiary alicyclic amines) is 2. The van der Waals surface area contributed by atoms with Gasteiger partial charge in [-0.1, -0.05) is 84.2 Å². The van der Waals surface area contributed by atoms with E-state index in [1.54, 1.807) is 6.07 Å². The molecule has 0 aliphatic carbocycles. The van der Waals surface area contributed by atoms with Gasteiger partial charge < -0.3 is 25.4 Å². The predicted octanol–water partition coefficient (Wildman–Crippen LogP) is 8.50. The average Bonchev–Trinajstić information content (AvgIpc) is 3.74. The lowest BCUT2D eigenvalue weighted by Crippen LogP contribution is -2.56. The molecule has 280 valence electrons. The summed E-state index contributed by atoms with van der Waals surface area (Å²) in [7, 11) is 0. The molecular weight excluding hydrogens is 739 g/mol. The van der Waals surface area contributed by atoms with Crippen LogP contribution in [0.3, 0.4) is 0 Å². The monoisotopic (exact) mass is 782 g/mol. The summed E-state index contributed by atoms with van der Waals surface area (Å²) < 4.78 is 0. The van der Waals surface area contributed by atoms with Gasteiger partial charge in [0.2, 0.25) is 5.91 Å². The molecule has 5 aliphatic rings. The van der Waals surface area contributed by atoms with Crippen molar-refractivity contribution in [3.63, 3.8) is 0 Å². The quantitative estimate of drug-likeness (QED) is 0.183. The van der Waals surface area contributed by atoms with Crippen molar-refractivity contribution in [2.24, 2.45) is 5.92 Å². The van der Waals surface area contributed by atoms with Crippen LogP contribution < -0.4 is 10.6 Å². The first-order valence-electron chi connectivity index (χ1n) is 19.4. The van der Waals surface area contributed by atoms with Crippen LogP contribution >= 0.6 is 34.8 Å². The van der Waals surface area contributed by atoms with Crippen molar-refractivity contribution in [2.45, 2.75) is 69.6 Å². The molecule has 4 atom stereocenters. The Labute approximate surface area is 331 Å². The Bertz CT molecular complexity index is 2170. The lowest BCUT2D eigenvalue weighted by Gasteiger charge is -2.43. The van der Waals surface area contributed by atoms with E-state index in [0.717, 1.165) is 97.1 Å². The van der Waals surface area contributed by atoms with Gasteiger partial charge in [-0.3, -0.25) is 14.5 Å². The number of halogens is 3. The maximum absolute atomic E-state index is 14.9. The molecule has 1 aromatic heterocycles. The number of hydrogen-bond donors (Lipinski definition) is 3. The SMILES string of the molecule is CC1CC=CN2C(=C1c1ccccc1)c1c(C(=O)NC3CNCC3N3CCC(N4CCCCC4=O)CC3)[nH]c3cc(Cl)cc(c13)C2c1ccc(Cl)cc1Cl. The largest absolute Gasteiger partial charge is 0.350 e.